The second kappa shape index (κ2) is 8.12. The van der Waals surface area contributed by atoms with E-state index < -0.39 is 10.0 Å². The first-order valence-corrected chi connectivity index (χ1v) is 11.4. The molecule has 10 heteroatoms. The lowest BCUT2D eigenvalue weighted by Crippen LogP contribution is -3.16. The largest absolute Gasteiger partial charge is 0.364 e. The van der Waals surface area contributed by atoms with E-state index in [1.165, 1.54) is 15.3 Å². The number of ether oxygens (including phenoxy) is 1. The number of amides is 1. The zero-order chi connectivity index (χ0) is 18.9. The fourth-order valence-corrected chi connectivity index (χ4v) is 6.66. The Morgan fingerprint density at radius 3 is 2.38 bits per heavy atom. The summed E-state index contributed by atoms with van der Waals surface area (Å²) in [5, 5.41) is 0. The van der Waals surface area contributed by atoms with Crippen molar-refractivity contribution in [2.75, 3.05) is 45.8 Å². The third kappa shape index (κ3) is 4.58. The zero-order valence-corrected chi connectivity index (χ0v) is 17.4. The molecule has 7 nitrogen and oxygen atoms in total. The molecule has 0 aromatic carbocycles. The van der Waals surface area contributed by atoms with Crippen LogP contribution in [-0.2, 0) is 19.6 Å². The van der Waals surface area contributed by atoms with E-state index in [1.807, 2.05) is 13.8 Å². The van der Waals surface area contributed by atoms with Crippen LogP contribution in [-0.4, -0.2) is 81.6 Å². The highest BCUT2D eigenvalue weighted by Gasteiger charge is 2.33. The fraction of sp³-hybridized carbons (Fsp3) is 0.688. The molecule has 1 aromatic heterocycles. The predicted molar refractivity (Wildman–Crippen MR) is 100 cm³/mol. The summed E-state index contributed by atoms with van der Waals surface area (Å²) in [5.41, 5.74) is 0. The number of hydrogen-bond donors (Lipinski definition) is 1. The molecule has 1 N–H and O–H groups in total. The van der Waals surface area contributed by atoms with Gasteiger partial charge in [-0.25, -0.2) is 8.42 Å². The van der Waals surface area contributed by atoms with Crippen molar-refractivity contribution in [3.8, 4) is 0 Å². The van der Waals surface area contributed by atoms with E-state index in [2.05, 4.69) is 0 Å². The summed E-state index contributed by atoms with van der Waals surface area (Å²) >= 11 is 6.91. The fourth-order valence-electron chi connectivity index (χ4n) is 3.60. The number of carbonyl (C=O) groups excluding carboxylic acids is 1. The minimum absolute atomic E-state index is 0.0810. The van der Waals surface area contributed by atoms with Gasteiger partial charge in [-0.3, -0.25) is 4.79 Å². The van der Waals surface area contributed by atoms with Crippen LogP contribution in [0, 0.1) is 0 Å². The van der Waals surface area contributed by atoms with Crippen LogP contribution < -0.4 is 4.90 Å². The molecule has 2 atom stereocenters. The van der Waals surface area contributed by atoms with Crippen molar-refractivity contribution in [1.29, 1.82) is 0 Å². The molecule has 1 aromatic rings. The Balaban J connectivity index is 1.54. The average Bonchev–Trinajstić information content (AvgIpc) is 3.01. The van der Waals surface area contributed by atoms with E-state index in [0.717, 1.165) is 24.4 Å². The molecule has 3 rings (SSSR count). The lowest BCUT2D eigenvalue weighted by Gasteiger charge is -2.36. The summed E-state index contributed by atoms with van der Waals surface area (Å²) in [5.74, 6) is 0.0810. The Morgan fingerprint density at radius 1 is 1.23 bits per heavy atom. The Hall–Kier alpha value is -0.710. The van der Waals surface area contributed by atoms with Gasteiger partial charge in [-0.15, -0.1) is 11.3 Å². The number of nitrogens with zero attached hydrogens (tertiary/aromatic N) is 2. The van der Waals surface area contributed by atoms with Crippen LogP contribution in [0.15, 0.2) is 16.3 Å². The second-order valence-electron chi connectivity index (χ2n) is 6.94. The second-order valence-corrected chi connectivity index (χ2v) is 10.8. The van der Waals surface area contributed by atoms with Gasteiger partial charge in [0.05, 0.1) is 4.34 Å². The monoisotopic (exact) mass is 422 g/mol. The first-order chi connectivity index (χ1) is 12.3. The van der Waals surface area contributed by atoms with Gasteiger partial charge in [0, 0.05) is 26.2 Å². The standard InChI is InChI=1S/C16H24ClN3O4S2/c1-12-9-18(10-13(2)24-12)11-15(21)19-5-7-20(8-6-19)26(22,23)16-4-3-14(17)25-16/h3-4,12-13H,5-11H2,1-2H3/p+1/t12-,13-/m0/s1. The van der Waals surface area contributed by atoms with Crippen LogP contribution in [0.5, 0.6) is 0 Å². The van der Waals surface area contributed by atoms with Crippen LogP contribution in [0.4, 0.5) is 0 Å². The minimum Gasteiger partial charge on any atom is -0.364 e. The minimum atomic E-state index is -3.52. The Kier molecular flexibility index (Phi) is 6.25. The van der Waals surface area contributed by atoms with E-state index in [-0.39, 0.29) is 22.3 Å². The summed E-state index contributed by atoms with van der Waals surface area (Å²) in [7, 11) is -3.52. The number of halogens is 1. The molecule has 2 fully saturated rings. The Morgan fingerprint density at radius 2 is 1.85 bits per heavy atom. The normalized spacial score (nSPS) is 28.3. The number of hydrogen-bond acceptors (Lipinski definition) is 5. The molecule has 1 amide bonds. The van der Waals surface area contributed by atoms with Gasteiger partial charge in [0.1, 0.15) is 29.5 Å². The van der Waals surface area contributed by atoms with Gasteiger partial charge in [-0.1, -0.05) is 11.6 Å². The van der Waals surface area contributed by atoms with Gasteiger partial charge < -0.3 is 14.5 Å². The molecular weight excluding hydrogens is 398 g/mol. The molecule has 0 unspecified atom stereocenters. The lowest BCUT2D eigenvalue weighted by atomic mass is 10.2. The number of morpholine rings is 1. The topological polar surface area (TPSA) is 71.4 Å². The molecule has 0 spiro atoms. The third-order valence-electron chi connectivity index (χ3n) is 4.75. The summed E-state index contributed by atoms with van der Waals surface area (Å²) in [6.07, 6.45) is 0.308. The lowest BCUT2D eigenvalue weighted by molar-refractivity contribution is -0.907. The first kappa shape index (κ1) is 20.0. The van der Waals surface area contributed by atoms with Crippen molar-refractivity contribution < 1.29 is 22.8 Å². The first-order valence-electron chi connectivity index (χ1n) is 8.78. The van der Waals surface area contributed by atoms with E-state index in [1.54, 1.807) is 11.0 Å². The van der Waals surface area contributed by atoms with Crippen LogP contribution in [0.3, 0.4) is 0 Å². The number of piperazine rings is 1. The molecule has 2 aliphatic heterocycles. The Bertz CT molecular complexity index is 736. The summed E-state index contributed by atoms with van der Waals surface area (Å²) in [4.78, 5) is 15.6. The molecule has 0 radical (unpaired) electrons. The number of thiophene rings is 1. The third-order valence-corrected chi connectivity index (χ3v) is 8.35. The van der Waals surface area contributed by atoms with Crippen molar-refractivity contribution in [1.82, 2.24) is 9.21 Å². The average molecular weight is 423 g/mol. The van der Waals surface area contributed by atoms with Crippen molar-refractivity contribution in [3.63, 3.8) is 0 Å². The summed E-state index contributed by atoms with van der Waals surface area (Å²) in [6.45, 7) is 7.61. The number of sulfonamides is 1. The van der Waals surface area contributed by atoms with Crippen molar-refractivity contribution in [3.05, 3.63) is 16.5 Å². The molecule has 26 heavy (non-hydrogen) atoms. The van der Waals surface area contributed by atoms with Crippen molar-refractivity contribution in [2.45, 2.75) is 30.3 Å². The number of quaternary nitrogens is 1. The van der Waals surface area contributed by atoms with Crippen molar-refractivity contribution >= 4 is 38.9 Å². The van der Waals surface area contributed by atoms with Gasteiger partial charge in [-0.2, -0.15) is 4.31 Å². The Labute approximate surface area is 163 Å². The highest BCUT2D eigenvalue weighted by Crippen LogP contribution is 2.28. The van der Waals surface area contributed by atoms with Gasteiger partial charge in [0.2, 0.25) is 0 Å². The highest BCUT2D eigenvalue weighted by atomic mass is 35.5. The predicted octanol–water partition coefficient (Wildman–Crippen LogP) is -0.0735. The molecule has 0 saturated carbocycles. The van der Waals surface area contributed by atoms with E-state index in [9.17, 15) is 13.2 Å². The quantitative estimate of drug-likeness (QED) is 0.737. The van der Waals surface area contributed by atoms with Crippen LogP contribution in [0.1, 0.15) is 13.8 Å². The maximum Gasteiger partial charge on any atom is 0.277 e. The maximum absolute atomic E-state index is 12.6. The SMILES string of the molecule is C[C@H]1C[NH+](CC(=O)N2CCN(S(=O)(=O)c3ccc(Cl)s3)CC2)C[C@H](C)O1. The van der Waals surface area contributed by atoms with Crippen LogP contribution >= 0.6 is 22.9 Å². The molecule has 146 valence electrons. The summed E-state index contributed by atoms with van der Waals surface area (Å²) in [6, 6.07) is 3.12. The maximum atomic E-state index is 12.6. The highest BCUT2D eigenvalue weighted by molar-refractivity contribution is 7.91. The zero-order valence-electron chi connectivity index (χ0n) is 15.0. The summed E-state index contributed by atoms with van der Waals surface area (Å²) < 4.78 is 33.1. The molecule has 0 aliphatic carbocycles. The van der Waals surface area contributed by atoms with Gasteiger partial charge in [0.15, 0.2) is 6.54 Å². The number of rotatable bonds is 4. The van der Waals surface area contributed by atoms with E-state index in [0.29, 0.717) is 37.1 Å². The molecule has 2 saturated heterocycles. The van der Waals surface area contributed by atoms with Gasteiger partial charge >= 0.3 is 0 Å². The van der Waals surface area contributed by atoms with E-state index in [4.69, 9.17) is 16.3 Å². The molecule has 2 aliphatic rings. The molecule has 3 heterocycles. The van der Waals surface area contributed by atoms with Gasteiger partial charge in [0.25, 0.3) is 15.9 Å². The number of nitrogens with one attached hydrogen (secondary N) is 1. The number of carbonyl (C=O) groups is 1. The molecule has 0 bridgehead atoms. The van der Waals surface area contributed by atoms with Crippen LogP contribution in [0.2, 0.25) is 4.34 Å². The van der Waals surface area contributed by atoms with Gasteiger partial charge in [-0.05, 0) is 26.0 Å². The van der Waals surface area contributed by atoms with Crippen LogP contribution in [0.25, 0.3) is 0 Å². The molecular formula is C16H25ClN3O4S2+. The van der Waals surface area contributed by atoms with Crippen molar-refractivity contribution in [2.24, 2.45) is 0 Å². The smallest absolute Gasteiger partial charge is 0.277 e. The van der Waals surface area contributed by atoms with E-state index >= 15 is 0 Å².